The maximum atomic E-state index is 12.7. The highest BCUT2D eigenvalue weighted by Gasteiger charge is 2.41. The summed E-state index contributed by atoms with van der Waals surface area (Å²) in [6, 6.07) is 43.0. The number of hydrogen-bond donors (Lipinski definition) is 0. The van der Waals surface area contributed by atoms with Crippen LogP contribution in [-0.4, -0.2) is 187 Å². The van der Waals surface area contributed by atoms with Crippen LogP contribution in [0.25, 0.3) is 0 Å². The van der Waals surface area contributed by atoms with Gasteiger partial charge in [0.05, 0.1) is 73.2 Å². The van der Waals surface area contributed by atoms with Gasteiger partial charge in [-0.05, 0) is 286 Å². The number of carbonyl (C=O) groups is 5. The van der Waals surface area contributed by atoms with Crippen LogP contribution >= 0.6 is 0 Å². The summed E-state index contributed by atoms with van der Waals surface area (Å²) in [6.45, 7) is -38.6. The van der Waals surface area contributed by atoms with Crippen LogP contribution in [0.5, 0.6) is 0 Å². The van der Waals surface area contributed by atoms with Crippen molar-refractivity contribution in [3.05, 3.63) is 179 Å². The fourth-order valence-corrected chi connectivity index (χ4v) is 11.8. The lowest BCUT2D eigenvalue weighted by molar-refractivity contribution is -0.147. The zero-order valence-corrected chi connectivity index (χ0v) is 57.4. The molecule has 0 aliphatic carbocycles. The van der Waals surface area contributed by atoms with E-state index in [1.165, 1.54) is 48.2 Å². The molecule has 550 valence electrons. The second kappa shape index (κ2) is 43.3. The van der Waals surface area contributed by atoms with E-state index in [2.05, 4.69) is 14.4 Å². The van der Waals surface area contributed by atoms with Crippen LogP contribution in [0, 0.1) is 27.1 Å². The summed E-state index contributed by atoms with van der Waals surface area (Å²) in [5, 5.41) is 0. The molecule has 0 aromatic heterocycles. The Hall–Kier alpha value is -6.75. The molecule has 0 atom stereocenters. The van der Waals surface area contributed by atoms with Crippen LogP contribution in [0.2, 0.25) is 0 Å². The number of ether oxygens (including phenoxy) is 5. The van der Waals surface area contributed by atoms with Gasteiger partial charge in [-0.25, -0.2) is 0 Å². The van der Waals surface area contributed by atoms with Crippen LogP contribution in [0.4, 0.5) is 0 Å². The van der Waals surface area contributed by atoms with Crippen molar-refractivity contribution in [3.8, 4) is 0 Å². The number of hydrogen-bond acceptors (Lipinski definition) is 15. The molecule has 0 saturated carbocycles. The van der Waals surface area contributed by atoms with Crippen molar-refractivity contribution in [3.63, 3.8) is 0 Å². The second-order valence-corrected chi connectivity index (χ2v) is 24.9. The number of benzene rings is 5. The van der Waals surface area contributed by atoms with Crippen molar-refractivity contribution in [2.24, 2.45) is 27.1 Å². The lowest BCUT2D eigenvalue weighted by Gasteiger charge is -2.40. The van der Waals surface area contributed by atoms with Gasteiger partial charge in [0.1, 0.15) is 0 Å². The second-order valence-electron chi connectivity index (χ2n) is 24.9. The Morgan fingerprint density at radius 3 is 0.820 bits per heavy atom. The number of rotatable bonds is 25. The van der Waals surface area contributed by atoms with E-state index in [1.54, 1.807) is 61.5 Å². The number of nitrogens with zero attached hydrogens (tertiary/aromatic N) is 5. The minimum Gasteiger partial charge on any atom is -0.466 e. The van der Waals surface area contributed by atoms with Crippen molar-refractivity contribution in [1.82, 2.24) is 24.5 Å². The molecule has 5 aromatic carbocycles. The Morgan fingerprint density at radius 2 is 0.570 bits per heavy atom. The van der Waals surface area contributed by atoms with Crippen LogP contribution in [0.1, 0.15) is 220 Å². The molecule has 5 fully saturated rings. The molecular weight excluding hydrogens is 1250 g/mol. The van der Waals surface area contributed by atoms with Crippen molar-refractivity contribution in [2.45, 2.75) is 163 Å². The average Bonchev–Trinajstić information content (AvgIpc) is 0.672. The molecule has 5 aliphatic heterocycles. The summed E-state index contributed by atoms with van der Waals surface area (Å²) < 4.78 is 382. The van der Waals surface area contributed by atoms with Crippen molar-refractivity contribution in [2.75, 3.05) is 133 Å². The molecule has 0 bridgehead atoms. The fraction of sp³-hybridized carbons (Fsp3) is 0.588. The maximum Gasteiger partial charge on any atom is 0.306 e. The largest absolute Gasteiger partial charge is 0.466 e. The highest BCUT2D eigenvalue weighted by Crippen LogP contribution is 2.43. The van der Waals surface area contributed by atoms with E-state index in [9.17, 15) is 24.0 Å². The van der Waals surface area contributed by atoms with E-state index in [4.69, 9.17) is 75.9 Å². The van der Waals surface area contributed by atoms with Gasteiger partial charge in [0.15, 0.2) is 0 Å². The SMILES string of the molecule is [2H]C([2H])([2H])C([2H])([2H])OC(=O)CC1(Cc2ccccc2)C([2H])([2H])C([2H])([2H])N(C)C([2H])([2H])C1([2H])[2H].[2H]C([2H])([2H])C([2H])([2H])OC(=O)CC1(Cc2ccccc2)CCN(C)CC1.[2H]C([2H])([2H])N1C([2H])([2H])C([2H])([2H])C(CC(=O)OCC)(Cc2ccccc2)C([2H])([2H])C1([2H])[2H].[2H]C([2H])([2H])N1CCC(CC(=O)OC([2H])([2H])C([2H])([2H])[2H])(Cc2ccccc2)CC1.[2H]C1([2H])N(C)C([2H])([2H])C([2H])([2H])C(CC(=O)OCC)(Cc2ccccc2)C1([2H])[2H]. The normalized spacial score (nSPS) is 32.5. The molecule has 5 heterocycles. The quantitative estimate of drug-likeness (QED) is 0.0403. The van der Waals surface area contributed by atoms with Crippen LogP contribution in [-0.2, 0) is 79.8 Å². The smallest absolute Gasteiger partial charge is 0.306 e. The highest BCUT2D eigenvalue weighted by atomic mass is 16.5. The first-order valence-corrected chi connectivity index (χ1v) is 32.8. The third-order valence-electron chi connectivity index (χ3n) is 16.9. The molecule has 5 saturated heterocycles. The van der Waals surface area contributed by atoms with Gasteiger partial charge in [-0.2, -0.15) is 0 Å². The molecule has 0 unspecified atom stereocenters. The van der Waals surface area contributed by atoms with Gasteiger partial charge < -0.3 is 48.2 Å². The van der Waals surface area contributed by atoms with Crippen LogP contribution in [0.15, 0.2) is 152 Å². The molecule has 15 nitrogen and oxygen atoms in total. The molecule has 100 heavy (non-hydrogen) atoms. The summed E-state index contributed by atoms with van der Waals surface area (Å²) in [4.78, 5) is 66.2. The summed E-state index contributed by atoms with van der Waals surface area (Å²) in [5.41, 5.74) is -5.58. The molecule has 0 radical (unpaired) electrons. The molecule has 15 heteroatoms. The highest BCUT2D eigenvalue weighted by molar-refractivity contribution is 5.72. The fourth-order valence-electron chi connectivity index (χ4n) is 11.8. The molecule has 0 amide bonds. The van der Waals surface area contributed by atoms with E-state index in [-0.39, 0.29) is 66.3 Å². The van der Waals surface area contributed by atoms with Crippen LogP contribution in [0.3, 0.4) is 0 Å². The Bertz CT molecular complexity index is 5030. The predicted molar refractivity (Wildman–Crippen MR) is 403 cm³/mol. The molecule has 10 rings (SSSR count). The summed E-state index contributed by atoms with van der Waals surface area (Å²) in [5.74, 6) is -5.31. The zero-order valence-electron chi connectivity index (χ0n) is 102. The van der Waals surface area contributed by atoms with Gasteiger partial charge in [0.2, 0.25) is 0 Å². The molecule has 5 aliphatic rings. The summed E-state index contributed by atoms with van der Waals surface area (Å²) in [6.07, 6.45) is -20.3. The Balaban J connectivity index is 0.000000278. The van der Waals surface area contributed by atoms with E-state index in [1.807, 2.05) is 67.7 Å². The van der Waals surface area contributed by atoms with Crippen molar-refractivity contribution >= 4 is 29.8 Å². The third kappa shape index (κ3) is 29.7. The molecule has 0 N–H and O–H groups in total. The van der Waals surface area contributed by atoms with Crippen molar-refractivity contribution < 1.29 is 109 Å². The first-order chi connectivity index (χ1) is 65.4. The van der Waals surface area contributed by atoms with Crippen molar-refractivity contribution in [1.29, 1.82) is 0 Å². The first-order valence-electron chi connectivity index (χ1n) is 55.3. The first kappa shape index (κ1) is 38.7. The van der Waals surface area contributed by atoms with E-state index in [0.29, 0.717) is 41.7 Å². The summed E-state index contributed by atoms with van der Waals surface area (Å²) in [7, 11) is 3.91. The lowest BCUT2D eigenvalue weighted by atomic mass is 9.71. The summed E-state index contributed by atoms with van der Waals surface area (Å²) >= 11 is 0. The van der Waals surface area contributed by atoms with E-state index >= 15 is 0 Å². The van der Waals surface area contributed by atoms with Crippen LogP contribution < -0.4 is 0 Å². The number of likely N-dealkylation sites (tertiary alicyclic amines) is 5. The minimum atomic E-state index is -3.51. The standard InChI is InChI=1S/5C17H25NO2/c5*1-3-20-16(19)14-17(9-11-18(2)12-10-17)13-15-7-5-4-6-8-15/h5*4-8H,3,9-14H2,1-2H3/i1D3,3D2,9D2,10D2,11D2,12D2;2D3,9D2,10D2,11D2,12D2;9D2,10D2,11D2,12D2;1D3,2D3,3D2;1D3,3D2. The van der Waals surface area contributed by atoms with Gasteiger partial charge >= 0.3 is 29.8 Å². The predicted octanol–water partition coefficient (Wildman–Crippen LogP) is 14.5. The number of piperidine rings is 5. The molecule has 0 spiro atoms. The lowest BCUT2D eigenvalue weighted by Crippen LogP contribution is -2.40. The average molecular weight is 1420 g/mol. The number of carbonyl (C=O) groups excluding carboxylic acids is 5. The van der Waals surface area contributed by atoms with E-state index in [0.717, 1.165) is 51.2 Å². The Labute approximate surface area is 665 Å². The van der Waals surface area contributed by atoms with Gasteiger partial charge in [-0.1, -0.05) is 152 Å². The van der Waals surface area contributed by atoms with Gasteiger partial charge in [-0.3, -0.25) is 24.0 Å². The topological polar surface area (TPSA) is 148 Å². The van der Waals surface area contributed by atoms with Gasteiger partial charge in [0, 0.05) is 53.5 Å². The maximum absolute atomic E-state index is 12.7. The molecule has 5 aromatic rings. The molecular formula is C85H125N5O10. The van der Waals surface area contributed by atoms with E-state index < -0.39 is 215 Å². The Morgan fingerprint density at radius 1 is 0.340 bits per heavy atom. The van der Waals surface area contributed by atoms with Gasteiger partial charge in [-0.15, -0.1) is 0 Å². The third-order valence-corrected chi connectivity index (χ3v) is 16.9. The number of esters is 5. The Kier molecular flexibility index (Phi) is 16.7. The van der Waals surface area contributed by atoms with Gasteiger partial charge in [0.25, 0.3) is 0 Å². The zero-order chi connectivity index (χ0) is 112. The minimum absolute atomic E-state index is 0.00800. The monoisotopic (exact) mass is 1420 g/mol.